The monoisotopic (exact) mass is 344 g/mol. The van der Waals surface area contributed by atoms with Crippen LogP contribution >= 0.6 is 12.4 Å². The van der Waals surface area contributed by atoms with Crippen LogP contribution in [0.25, 0.3) is 0 Å². The third kappa shape index (κ3) is 6.85. The zero-order valence-corrected chi connectivity index (χ0v) is 14.2. The van der Waals surface area contributed by atoms with Gasteiger partial charge in [0.05, 0.1) is 6.10 Å². The zero-order valence-electron chi connectivity index (χ0n) is 13.4. The quantitative estimate of drug-likeness (QED) is 0.743. The van der Waals surface area contributed by atoms with Gasteiger partial charge in [-0.15, -0.1) is 12.4 Å². The number of halogens is 2. The fourth-order valence-corrected chi connectivity index (χ4v) is 2.90. The molecule has 130 valence electrons. The molecule has 1 aliphatic rings. The van der Waals surface area contributed by atoms with Crippen LogP contribution in [0.3, 0.4) is 0 Å². The highest BCUT2D eigenvalue weighted by Crippen LogP contribution is 2.19. The largest absolute Gasteiger partial charge is 0.388 e. The van der Waals surface area contributed by atoms with Crippen molar-refractivity contribution < 1.29 is 14.3 Å². The first-order chi connectivity index (χ1) is 10.5. The summed E-state index contributed by atoms with van der Waals surface area (Å²) in [7, 11) is 0. The highest BCUT2D eigenvalue weighted by molar-refractivity contribution is 5.85. The van der Waals surface area contributed by atoms with Crippen molar-refractivity contribution in [1.29, 1.82) is 0 Å². The maximum atomic E-state index is 12.9. The molecule has 23 heavy (non-hydrogen) atoms. The lowest BCUT2D eigenvalue weighted by molar-refractivity contribution is -0.123. The van der Waals surface area contributed by atoms with Crippen LogP contribution in [-0.2, 0) is 4.79 Å². The van der Waals surface area contributed by atoms with Crippen LogP contribution in [0.5, 0.6) is 0 Å². The van der Waals surface area contributed by atoms with E-state index in [1.54, 1.807) is 12.1 Å². The van der Waals surface area contributed by atoms with Crippen molar-refractivity contribution in [3.8, 4) is 0 Å². The van der Waals surface area contributed by atoms with E-state index >= 15 is 0 Å². The predicted octanol–water partition coefficient (Wildman–Crippen LogP) is 2.57. The number of hydrogen-bond donors (Lipinski definition) is 3. The molecule has 1 aliphatic heterocycles. The Bertz CT molecular complexity index is 478. The molecule has 2 rings (SSSR count). The fraction of sp³-hybridized carbons (Fsp3) is 0.588. The summed E-state index contributed by atoms with van der Waals surface area (Å²) >= 11 is 0. The third-order valence-corrected chi connectivity index (χ3v) is 4.17. The highest BCUT2D eigenvalue weighted by atomic mass is 35.5. The van der Waals surface area contributed by atoms with Crippen molar-refractivity contribution in [3.05, 3.63) is 35.6 Å². The molecule has 0 bridgehead atoms. The standard InChI is InChI=1S/C17H25FN2O2.ClH/c1-12(10-16(21)14-2-4-15(18)5-3-14)20-17(22)11-13-6-8-19-9-7-13;/h2-5,12-13,16,19,21H,6-11H2,1H3,(H,20,22);1H. The van der Waals surface area contributed by atoms with E-state index < -0.39 is 6.10 Å². The number of nitrogens with one attached hydrogen (secondary N) is 2. The Labute approximate surface area is 143 Å². The van der Waals surface area contributed by atoms with Crippen molar-refractivity contribution in [1.82, 2.24) is 10.6 Å². The minimum atomic E-state index is -0.699. The number of carbonyl (C=O) groups excluding carboxylic acids is 1. The van der Waals surface area contributed by atoms with Crippen LogP contribution in [0.2, 0.25) is 0 Å². The molecule has 4 nitrogen and oxygen atoms in total. The topological polar surface area (TPSA) is 61.4 Å². The van der Waals surface area contributed by atoms with Crippen molar-refractivity contribution in [2.45, 2.75) is 44.8 Å². The summed E-state index contributed by atoms with van der Waals surface area (Å²) in [5.74, 6) is 0.181. The molecule has 0 aromatic heterocycles. The molecule has 0 spiro atoms. The second kappa shape index (κ2) is 9.85. The molecule has 1 aromatic carbocycles. The van der Waals surface area contributed by atoms with Gasteiger partial charge >= 0.3 is 0 Å². The number of amides is 1. The summed E-state index contributed by atoms with van der Waals surface area (Å²) in [6, 6.07) is 5.69. The summed E-state index contributed by atoms with van der Waals surface area (Å²) < 4.78 is 12.9. The Morgan fingerprint density at radius 2 is 1.96 bits per heavy atom. The summed E-state index contributed by atoms with van der Waals surface area (Å²) in [6.45, 7) is 3.85. The molecule has 0 aliphatic carbocycles. The summed E-state index contributed by atoms with van der Waals surface area (Å²) in [6.07, 6.45) is 2.36. The van der Waals surface area contributed by atoms with Gasteiger partial charge in [0.25, 0.3) is 0 Å². The minimum absolute atomic E-state index is 0. The Balaban J connectivity index is 0.00000264. The number of aliphatic hydroxyl groups excluding tert-OH is 1. The van der Waals surface area contributed by atoms with E-state index in [-0.39, 0.29) is 30.2 Å². The zero-order chi connectivity index (χ0) is 15.9. The number of aliphatic hydroxyl groups is 1. The minimum Gasteiger partial charge on any atom is -0.388 e. The van der Waals surface area contributed by atoms with Gasteiger partial charge in [0, 0.05) is 12.5 Å². The average Bonchev–Trinajstić information content (AvgIpc) is 2.48. The van der Waals surface area contributed by atoms with Gasteiger partial charge in [0.1, 0.15) is 5.82 Å². The van der Waals surface area contributed by atoms with Gasteiger partial charge in [-0.3, -0.25) is 4.79 Å². The van der Waals surface area contributed by atoms with Crippen molar-refractivity contribution in [2.24, 2.45) is 5.92 Å². The maximum Gasteiger partial charge on any atom is 0.220 e. The number of rotatable bonds is 6. The van der Waals surface area contributed by atoms with Gasteiger partial charge in [-0.1, -0.05) is 12.1 Å². The van der Waals surface area contributed by atoms with Crippen molar-refractivity contribution in [3.63, 3.8) is 0 Å². The predicted molar refractivity (Wildman–Crippen MR) is 91.0 cm³/mol. The molecule has 3 N–H and O–H groups in total. The molecule has 0 saturated carbocycles. The first-order valence-electron chi connectivity index (χ1n) is 7.98. The molecular weight excluding hydrogens is 319 g/mol. The van der Waals surface area contributed by atoms with E-state index in [1.807, 2.05) is 6.92 Å². The van der Waals surface area contributed by atoms with Gasteiger partial charge in [0.15, 0.2) is 0 Å². The Kier molecular flexibility index (Phi) is 8.52. The first-order valence-corrected chi connectivity index (χ1v) is 7.98. The number of carbonyl (C=O) groups is 1. The number of hydrogen-bond acceptors (Lipinski definition) is 3. The SMILES string of the molecule is CC(CC(O)c1ccc(F)cc1)NC(=O)CC1CCNCC1.Cl. The van der Waals surface area contributed by atoms with E-state index in [0.29, 0.717) is 24.3 Å². The molecular formula is C17H26ClFN2O2. The molecule has 1 aromatic rings. The van der Waals surface area contributed by atoms with Gasteiger partial charge in [-0.25, -0.2) is 4.39 Å². The third-order valence-electron chi connectivity index (χ3n) is 4.17. The summed E-state index contributed by atoms with van der Waals surface area (Å²) in [4.78, 5) is 12.0. The Hall–Kier alpha value is -1.17. The number of piperidine rings is 1. The fourth-order valence-electron chi connectivity index (χ4n) is 2.90. The molecule has 1 fully saturated rings. The molecule has 1 saturated heterocycles. The van der Waals surface area contributed by atoms with Crippen LogP contribution in [0.15, 0.2) is 24.3 Å². The lowest BCUT2D eigenvalue weighted by Crippen LogP contribution is -2.36. The number of benzene rings is 1. The van der Waals surface area contributed by atoms with Crippen LogP contribution in [0.4, 0.5) is 4.39 Å². The molecule has 6 heteroatoms. The Morgan fingerprint density at radius 1 is 1.35 bits per heavy atom. The van der Waals surface area contributed by atoms with Gasteiger partial charge in [0.2, 0.25) is 5.91 Å². The Morgan fingerprint density at radius 3 is 2.57 bits per heavy atom. The molecule has 2 atom stereocenters. The van der Waals surface area contributed by atoms with Crippen molar-refractivity contribution >= 4 is 18.3 Å². The van der Waals surface area contributed by atoms with Gasteiger partial charge in [-0.05, 0) is 62.9 Å². The average molecular weight is 345 g/mol. The van der Waals surface area contributed by atoms with E-state index in [2.05, 4.69) is 10.6 Å². The lowest BCUT2D eigenvalue weighted by Gasteiger charge is -2.23. The normalized spacial score (nSPS) is 17.9. The van der Waals surface area contributed by atoms with Gasteiger partial charge in [-0.2, -0.15) is 0 Å². The molecule has 1 heterocycles. The van der Waals surface area contributed by atoms with E-state index in [4.69, 9.17) is 0 Å². The molecule has 2 unspecified atom stereocenters. The van der Waals surface area contributed by atoms with Crippen LogP contribution in [0, 0.1) is 11.7 Å². The van der Waals surface area contributed by atoms with E-state index in [9.17, 15) is 14.3 Å². The smallest absolute Gasteiger partial charge is 0.220 e. The molecule has 0 radical (unpaired) electrons. The maximum absolute atomic E-state index is 12.9. The van der Waals surface area contributed by atoms with Crippen LogP contribution in [-0.4, -0.2) is 30.1 Å². The van der Waals surface area contributed by atoms with Crippen LogP contribution < -0.4 is 10.6 Å². The second-order valence-electron chi connectivity index (χ2n) is 6.17. The first kappa shape index (κ1) is 19.9. The van der Waals surface area contributed by atoms with Gasteiger partial charge < -0.3 is 15.7 Å². The van der Waals surface area contributed by atoms with Crippen LogP contribution in [0.1, 0.15) is 44.3 Å². The molecule has 1 amide bonds. The highest BCUT2D eigenvalue weighted by Gasteiger charge is 2.19. The summed E-state index contributed by atoms with van der Waals surface area (Å²) in [5, 5.41) is 16.4. The van der Waals surface area contributed by atoms with Crippen molar-refractivity contribution in [2.75, 3.05) is 13.1 Å². The second-order valence-corrected chi connectivity index (χ2v) is 6.17. The summed E-state index contributed by atoms with van der Waals surface area (Å²) in [5.41, 5.74) is 0.667. The van der Waals surface area contributed by atoms with E-state index in [0.717, 1.165) is 25.9 Å². The van der Waals surface area contributed by atoms with E-state index in [1.165, 1.54) is 12.1 Å². The lowest BCUT2D eigenvalue weighted by atomic mass is 9.94.